The van der Waals surface area contributed by atoms with E-state index in [-0.39, 0.29) is 13.2 Å². The molecular weight excluding hydrogens is 424 g/mol. The molecule has 0 radical (unpaired) electrons. The first-order valence-electron chi connectivity index (χ1n) is 12.6. The molecule has 0 saturated heterocycles. The Balaban J connectivity index is 1.46. The van der Waals surface area contributed by atoms with Crippen LogP contribution in [0.4, 0.5) is 0 Å². The topological polar surface area (TPSA) is 58.9 Å². The van der Waals surface area contributed by atoms with Gasteiger partial charge in [0.2, 0.25) is 0 Å². The summed E-state index contributed by atoms with van der Waals surface area (Å²) in [6, 6.07) is 25.2. The summed E-state index contributed by atoms with van der Waals surface area (Å²) in [5.41, 5.74) is 4.70. The molecule has 0 bridgehead atoms. The van der Waals surface area contributed by atoms with Crippen LogP contribution in [0.3, 0.4) is 0 Å². The minimum atomic E-state index is 0.276. The lowest BCUT2D eigenvalue weighted by molar-refractivity contribution is 0.273. The Labute approximate surface area is 204 Å². The summed E-state index contributed by atoms with van der Waals surface area (Å²) in [5.74, 6) is 1.80. The van der Waals surface area contributed by atoms with Crippen LogP contribution in [0.15, 0.2) is 72.8 Å². The highest BCUT2D eigenvalue weighted by atomic mass is 16.5. The maximum atomic E-state index is 8.81. The number of aliphatic hydroxyl groups excluding tert-OH is 2. The zero-order valence-corrected chi connectivity index (χ0v) is 20.1. The summed E-state index contributed by atoms with van der Waals surface area (Å²) >= 11 is 0. The van der Waals surface area contributed by atoms with Gasteiger partial charge in [0.05, 0.1) is 13.2 Å². The fourth-order valence-corrected chi connectivity index (χ4v) is 3.86. The molecular formula is C30H38O4. The van der Waals surface area contributed by atoms with Gasteiger partial charge >= 0.3 is 0 Å². The Hall–Kier alpha value is -2.82. The third kappa shape index (κ3) is 8.85. The molecule has 3 aromatic carbocycles. The van der Waals surface area contributed by atoms with E-state index in [1.807, 2.05) is 24.3 Å². The molecule has 34 heavy (non-hydrogen) atoms. The molecule has 0 unspecified atom stereocenters. The van der Waals surface area contributed by atoms with E-state index in [1.54, 1.807) is 0 Å². The number of rotatable bonds is 16. The average molecular weight is 463 g/mol. The van der Waals surface area contributed by atoms with Crippen molar-refractivity contribution in [1.29, 1.82) is 0 Å². The monoisotopic (exact) mass is 462 g/mol. The van der Waals surface area contributed by atoms with Crippen LogP contribution in [0.2, 0.25) is 0 Å². The smallest absolute Gasteiger partial charge is 0.119 e. The van der Waals surface area contributed by atoms with Gasteiger partial charge in [-0.3, -0.25) is 0 Å². The standard InChI is InChI=1S/C30H38O4/c31-21-5-1-3-7-23-33-29-17-13-27(14-18-29)25-9-11-26(12-10-25)28-15-19-30(20-16-28)34-24-8-4-2-6-22-32/h9-20,31-32H,1-8,21-24H2. The summed E-state index contributed by atoms with van der Waals surface area (Å²) in [4.78, 5) is 0. The fourth-order valence-electron chi connectivity index (χ4n) is 3.86. The Bertz CT molecular complexity index is 839. The number of unbranched alkanes of at least 4 members (excludes halogenated alkanes) is 6. The Kier molecular flexibility index (Phi) is 11.5. The van der Waals surface area contributed by atoms with Crippen LogP contribution < -0.4 is 9.47 Å². The van der Waals surface area contributed by atoms with Crippen LogP contribution in [0.25, 0.3) is 22.3 Å². The Morgan fingerprint density at radius 1 is 0.382 bits per heavy atom. The van der Waals surface area contributed by atoms with Crippen molar-refractivity contribution in [3.05, 3.63) is 72.8 Å². The van der Waals surface area contributed by atoms with Gasteiger partial charge in [-0.2, -0.15) is 0 Å². The lowest BCUT2D eigenvalue weighted by Crippen LogP contribution is -1.97. The molecule has 0 atom stereocenters. The minimum Gasteiger partial charge on any atom is -0.494 e. The molecule has 0 amide bonds. The van der Waals surface area contributed by atoms with Gasteiger partial charge in [0.25, 0.3) is 0 Å². The van der Waals surface area contributed by atoms with Gasteiger partial charge in [-0.25, -0.2) is 0 Å². The fraction of sp³-hybridized carbons (Fsp3) is 0.400. The lowest BCUT2D eigenvalue weighted by atomic mass is 10.0. The summed E-state index contributed by atoms with van der Waals surface area (Å²) in [6.07, 6.45) is 8.07. The van der Waals surface area contributed by atoms with Gasteiger partial charge in [-0.15, -0.1) is 0 Å². The first-order chi connectivity index (χ1) is 16.8. The van der Waals surface area contributed by atoms with E-state index >= 15 is 0 Å². The second-order valence-corrected chi connectivity index (χ2v) is 8.60. The molecule has 3 rings (SSSR count). The minimum absolute atomic E-state index is 0.276. The van der Waals surface area contributed by atoms with Crippen molar-refractivity contribution in [3.8, 4) is 33.8 Å². The van der Waals surface area contributed by atoms with Crippen LogP contribution in [-0.4, -0.2) is 36.6 Å². The molecule has 0 aromatic heterocycles. The normalized spacial score (nSPS) is 10.9. The van der Waals surface area contributed by atoms with Crippen molar-refractivity contribution in [1.82, 2.24) is 0 Å². The molecule has 0 saturated carbocycles. The number of ether oxygens (including phenoxy) is 2. The Morgan fingerprint density at radius 2 is 0.676 bits per heavy atom. The van der Waals surface area contributed by atoms with E-state index in [9.17, 15) is 0 Å². The third-order valence-electron chi connectivity index (χ3n) is 5.90. The third-order valence-corrected chi connectivity index (χ3v) is 5.90. The van der Waals surface area contributed by atoms with Crippen molar-refractivity contribution in [3.63, 3.8) is 0 Å². The van der Waals surface area contributed by atoms with Gasteiger partial charge < -0.3 is 19.7 Å². The maximum absolute atomic E-state index is 8.81. The number of hydrogen-bond donors (Lipinski definition) is 2. The van der Waals surface area contributed by atoms with Crippen LogP contribution in [0, 0.1) is 0 Å². The van der Waals surface area contributed by atoms with E-state index in [1.165, 1.54) is 22.3 Å². The first kappa shape index (κ1) is 25.8. The van der Waals surface area contributed by atoms with E-state index in [2.05, 4.69) is 48.5 Å². The van der Waals surface area contributed by atoms with Gasteiger partial charge in [0.15, 0.2) is 0 Å². The molecule has 4 heteroatoms. The van der Waals surface area contributed by atoms with E-state index in [4.69, 9.17) is 19.7 Å². The van der Waals surface area contributed by atoms with Crippen molar-refractivity contribution in [2.24, 2.45) is 0 Å². The van der Waals surface area contributed by atoms with Crippen LogP contribution in [0.5, 0.6) is 11.5 Å². The number of benzene rings is 3. The zero-order valence-electron chi connectivity index (χ0n) is 20.1. The average Bonchev–Trinajstić information content (AvgIpc) is 2.89. The summed E-state index contributed by atoms with van der Waals surface area (Å²) < 4.78 is 11.7. The highest BCUT2D eigenvalue weighted by Crippen LogP contribution is 2.27. The van der Waals surface area contributed by atoms with Crippen LogP contribution in [0.1, 0.15) is 51.4 Å². The summed E-state index contributed by atoms with van der Waals surface area (Å²) in [6.45, 7) is 1.98. The number of hydrogen-bond acceptors (Lipinski definition) is 4. The van der Waals surface area contributed by atoms with E-state index in [0.717, 1.165) is 62.9 Å². The molecule has 182 valence electrons. The van der Waals surface area contributed by atoms with Crippen molar-refractivity contribution in [2.75, 3.05) is 26.4 Å². The largest absolute Gasteiger partial charge is 0.494 e. The predicted octanol–water partition coefficient (Wildman–Crippen LogP) is 6.88. The molecule has 0 spiro atoms. The quantitative estimate of drug-likeness (QED) is 0.228. The Morgan fingerprint density at radius 3 is 1.00 bits per heavy atom. The highest BCUT2D eigenvalue weighted by molar-refractivity contribution is 5.71. The van der Waals surface area contributed by atoms with Gasteiger partial charge in [-0.1, -0.05) is 61.4 Å². The molecule has 0 aliphatic carbocycles. The molecule has 0 heterocycles. The summed E-state index contributed by atoms with van der Waals surface area (Å²) in [7, 11) is 0. The molecule has 3 aromatic rings. The summed E-state index contributed by atoms with van der Waals surface area (Å²) in [5, 5.41) is 17.6. The van der Waals surface area contributed by atoms with Gasteiger partial charge in [0.1, 0.15) is 11.5 Å². The number of aliphatic hydroxyl groups is 2. The highest BCUT2D eigenvalue weighted by Gasteiger charge is 2.03. The molecule has 4 nitrogen and oxygen atoms in total. The maximum Gasteiger partial charge on any atom is 0.119 e. The lowest BCUT2D eigenvalue weighted by Gasteiger charge is -2.09. The second kappa shape index (κ2) is 15.2. The first-order valence-corrected chi connectivity index (χ1v) is 12.6. The predicted molar refractivity (Wildman–Crippen MR) is 139 cm³/mol. The van der Waals surface area contributed by atoms with E-state index in [0.29, 0.717) is 13.2 Å². The van der Waals surface area contributed by atoms with Crippen molar-refractivity contribution < 1.29 is 19.7 Å². The van der Waals surface area contributed by atoms with Crippen molar-refractivity contribution in [2.45, 2.75) is 51.4 Å². The second-order valence-electron chi connectivity index (χ2n) is 8.60. The van der Waals surface area contributed by atoms with Crippen molar-refractivity contribution >= 4 is 0 Å². The molecule has 0 aliphatic rings. The van der Waals surface area contributed by atoms with Crippen LogP contribution in [-0.2, 0) is 0 Å². The van der Waals surface area contributed by atoms with Gasteiger partial charge in [-0.05, 0) is 85.0 Å². The molecule has 2 N–H and O–H groups in total. The van der Waals surface area contributed by atoms with E-state index < -0.39 is 0 Å². The molecule has 0 fully saturated rings. The zero-order chi connectivity index (χ0) is 23.8. The van der Waals surface area contributed by atoms with Gasteiger partial charge in [0, 0.05) is 13.2 Å². The van der Waals surface area contributed by atoms with Crippen LogP contribution >= 0.6 is 0 Å². The molecule has 0 aliphatic heterocycles. The SMILES string of the molecule is OCCCCCCOc1ccc(-c2ccc(-c3ccc(OCCCCCCO)cc3)cc2)cc1.